The van der Waals surface area contributed by atoms with Crippen LogP contribution in [0.3, 0.4) is 0 Å². The van der Waals surface area contributed by atoms with Gasteiger partial charge in [0.2, 0.25) is 0 Å². The summed E-state index contributed by atoms with van der Waals surface area (Å²) in [5.41, 5.74) is 0.770. The summed E-state index contributed by atoms with van der Waals surface area (Å²) in [6.07, 6.45) is 0. The van der Waals surface area contributed by atoms with Crippen molar-refractivity contribution in [1.29, 1.82) is 0 Å². The average Bonchev–Trinajstić information content (AvgIpc) is 2.28. The third-order valence-electron chi connectivity index (χ3n) is 2.05. The maximum absolute atomic E-state index is 11.5. The number of nitro benzene ring substituents is 1. The van der Waals surface area contributed by atoms with Gasteiger partial charge in [-0.15, -0.1) is 0 Å². The van der Waals surface area contributed by atoms with Crippen LogP contribution < -0.4 is 10.6 Å². The standard InChI is InChI=1S/C10H13N3O3/c1-3-12-9-5-4-7(13(15)16)6-8(9)10(14)11-2/h4-6,12H,3H2,1-2H3,(H,11,14). The molecule has 0 aliphatic carbocycles. The number of benzene rings is 1. The average molecular weight is 223 g/mol. The lowest BCUT2D eigenvalue weighted by atomic mass is 10.1. The molecular formula is C10H13N3O3. The number of hydrogen-bond donors (Lipinski definition) is 2. The van der Waals surface area contributed by atoms with Gasteiger partial charge in [0.1, 0.15) is 0 Å². The van der Waals surface area contributed by atoms with Crippen LogP contribution in [0, 0.1) is 10.1 Å². The first-order chi connectivity index (χ1) is 7.60. The fraction of sp³-hybridized carbons (Fsp3) is 0.300. The molecule has 1 amide bonds. The third-order valence-corrected chi connectivity index (χ3v) is 2.05. The number of nitrogens with zero attached hydrogens (tertiary/aromatic N) is 1. The number of non-ortho nitro benzene ring substituents is 1. The predicted octanol–water partition coefficient (Wildman–Crippen LogP) is 1.39. The van der Waals surface area contributed by atoms with Crippen LogP contribution in [0.5, 0.6) is 0 Å². The zero-order valence-electron chi connectivity index (χ0n) is 9.11. The number of carbonyl (C=O) groups excluding carboxylic acids is 1. The largest absolute Gasteiger partial charge is 0.385 e. The number of hydrogen-bond acceptors (Lipinski definition) is 4. The van der Waals surface area contributed by atoms with Crippen LogP contribution in [-0.2, 0) is 0 Å². The Morgan fingerprint density at radius 3 is 2.69 bits per heavy atom. The van der Waals surface area contributed by atoms with Crippen LogP contribution >= 0.6 is 0 Å². The summed E-state index contributed by atoms with van der Waals surface area (Å²) in [5, 5.41) is 16.0. The Morgan fingerprint density at radius 1 is 1.50 bits per heavy atom. The van der Waals surface area contributed by atoms with Crippen LogP contribution in [0.4, 0.5) is 11.4 Å². The van der Waals surface area contributed by atoms with Crippen molar-refractivity contribution < 1.29 is 9.72 Å². The number of nitro groups is 1. The zero-order valence-corrected chi connectivity index (χ0v) is 9.11. The molecule has 1 rings (SSSR count). The van der Waals surface area contributed by atoms with Crippen molar-refractivity contribution in [2.45, 2.75) is 6.92 Å². The molecule has 0 fully saturated rings. The van der Waals surface area contributed by atoms with Gasteiger partial charge >= 0.3 is 0 Å². The second kappa shape index (κ2) is 5.11. The third kappa shape index (κ3) is 2.47. The van der Waals surface area contributed by atoms with Gasteiger partial charge in [-0.1, -0.05) is 0 Å². The highest BCUT2D eigenvalue weighted by molar-refractivity contribution is 6.00. The fourth-order valence-corrected chi connectivity index (χ4v) is 1.31. The minimum absolute atomic E-state index is 0.0970. The summed E-state index contributed by atoms with van der Waals surface area (Å²) in [4.78, 5) is 21.6. The molecule has 1 aromatic rings. The summed E-state index contributed by atoms with van der Waals surface area (Å²) in [5.74, 6) is -0.348. The number of rotatable bonds is 4. The van der Waals surface area contributed by atoms with E-state index >= 15 is 0 Å². The van der Waals surface area contributed by atoms with E-state index in [1.54, 1.807) is 0 Å². The second-order valence-electron chi connectivity index (χ2n) is 3.10. The molecule has 0 radical (unpaired) electrons. The lowest BCUT2D eigenvalue weighted by Crippen LogP contribution is -2.19. The van der Waals surface area contributed by atoms with E-state index in [1.165, 1.54) is 25.2 Å². The van der Waals surface area contributed by atoms with E-state index in [1.807, 2.05) is 6.92 Å². The van der Waals surface area contributed by atoms with Crippen molar-refractivity contribution in [3.05, 3.63) is 33.9 Å². The molecule has 6 nitrogen and oxygen atoms in total. The number of carbonyl (C=O) groups is 1. The molecular weight excluding hydrogens is 210 g/mol. The number of nitrogens with one attached hydrogen (secondary N) is 2. The topological polar surface area (TPSA) is 84.3 Å². The molecule has 0 heterocycles. The summed E-state index contributed by atoms with van der Waals surface area (Å²) < 4.78 is 0. The van der Waals surface area contributed by atoms with E-state index in [9.17, 15) is 14.9 Å². The van der Waals surface area contributed by atoms with Gasteiger partial charge < -0.3 is 10.6 Å². The minimum Gasteiger partial charge on any atom is -0.385 e. The highest BCUT2D eigenvalue weighted by Crippen LogP contribution is 2.21. The SMILES string of the molecule is CCNc1ccc([N+](=O)[O-])cc1C(=O)NC. The van der Waals surface area contributed by atoms with Gasteiger partial charge in [-0.05, 0) is 13.0 Å². The molecule has 0 aromatic heterocycles. The maximum Gasteiger partial charge on any atom is 0.270 e. The Balaban J connectivity index is 3.20. The summed E-state index contributed by atoms with van der Waals surface area (Å²) in [6.45, 7) is 2.52. The van der Waals surface area contributed by atoms with E-state index < -0.39 is 4.92 Å². The van der Waals surface area contributed by atoms with Crippen molar-refractivity contribution >= 4 is 17.3 Å². The molecule has 0 spiro atoms. The monoisotopic (exact) mass is 223 g/mol. The quantitative estimate of drug-likeness (QED) is 0.596. The number of amides is 1. The van der Waals surface area contributed by atoms with Gasteiger partial charge in [0.05, 0.1) is 10.5 Å². The first-order valence-electron chi connectivity index (χ1n) is 4.84. The molecule has 2 N–H and O–H groups in total. The Kier molecular flexibility index (Phi) is 3.82. The van der Waals surface area contributed by atoms with Crippen LogP contribution in [-0.4, -0.2) is 24.4 Å². The van der Waals surface area contributed by atoms with Crippen molar-refractivity contribution in [1.82, 2.24) is 5.32 Å². The first-order valence-corrected chi connectivity index (χ1v) is 4.84. The molecule has 0 bridgehead atoms. The van der Waals surface area contributed by atoms with Gasteiger partial charge in [0.25, 0.3) is 11.6 Å². The molecule has 1 aromatic carbocycles. The molecule has 0 unspecified atom stereocenters. The smallest absolute Gasteiger partial charge is 0.270 e. The van der Waals surface area contributed by atoms with Crippen molar-refractivity contribution in [2.24, 2.45) is 0 Å². The van der Waals surface area contributed by atoms with Crippen LogP contribution in [0.1, 0.15) is 17.3 Å². The van der Waals surface area contributed by atoms with Crippen LogP contribution in [0.2, 0.25) is 0 Å². The van der Waals surface area contributed by atoms with Crippen LogP contribution in [0.25, 0.3) is 0 Å². The fourth-order valence-electron chi connectivity index (χ4n) is 1.31. The van der Waals surface area contributed by atoms with E-state index in [4.69, 9.17) is 0 Å². The molecule has 0 aliphatic heterocycles. The van der Waals surface area contributed by atoms with E-state index in [0.29, 0.717) is 12.2 Å². The van der Waals surface area contributed by atoms with Crippen LogP contribution in [0.15, 0.2) is 18.2 Å². The van der Waals surface area contributed by atoms with Gasteiger partial charge in [-0.3, -0.25) is 14.9 Å². The van der Waals surface area contributed by atoms with E-state index in [0.717, 1.165) is 0 Å². The highest BCUT2D eigenvalue weighted by atomic mass is 16.6. The summed E-state index contributed by atoms with van der Waals surface area (Å²) in [7, 11) is 1.48. The minimum atomic E-state index is -0.526. The molecule has 0 atom stereocenters. The zero-order chi connectivity index (χ0) is 12.1. The normalized spacial score (nSPS) is 9.62. The lowest BCUT2D eigenvalue weighted by molar-refractivity contribution is -0.384. The van der Waals surface area contributed by atoms with Crippen molar-refractivity contribution in [3.8, 4) is 0 Å². The van der Waals surface area contributed by atoms with Gasteiger partial charge in [-0.25, -0.2) is 0 Å². The van der Waals surface area contributed by atoms with Crippen molar-refractivity contribution in [2.75, 3.05) is 18.9 Å². The Labute approximate surface area is 92.8 Å². The predicted molar refractivity (Wildman–Crippen MR) is 60.7 cm³/mol. The maximum atomic E-state index is 11.5. The lowest BCUT2D eigenvalue weighted by Gasteiger charge is -2.08. The Morgan fingerprint density at radius 2 is 2.19 bits per heavy atom. The molecule has 0 saturated carbocycles. The van der Waals surface area contributed by atoms with E-state index in [-0.39, 0.29) is 17.2 Å². The molecule has 0 aliphatic rings. The molecule has 6 heteroatoms. The summed E-state index contributed by atoms with van der Waals surface area (Å²) in [6, 6.07) is 4.16. The van der Waals surface area contributed by atoms with Gasteiger partial charge in [0, 0.05) is 31.4 Å². The Hall–Kier alpha value is -2.11. The number of anilines is 1. The first kappa shape index (κ1) is 12.0. The van der Waals surface area contributed by atoms with Crippen molar-refractivity contribution in [3.63, 3.8) is 0 Å². The Bertz CT molecular complexity index is 418. The highest BCUT2D eigenvalue weighted by Gasteiger charge is 2.15. The molecule has 16 heavy (non-hydrogen) atoms. The summed E-state index contributed by atoms with van der Waals surface area (Å²) >= 11 is 0. The van der Waals surface area contributed by atoms with E-state index in [2.05, 4.69) is 10.6 Å². The van der Waals surface area contributed by atoms with Gasteiger partial charge in [0.15, 0.2) is 0 Å². The van der Waals surface area contributed by atoms with Gasteiger partial charge in [-0.2, -0.15) is 0 Å². The second-order valence-corrected chi connectivity index (χ2v) is 3.10. The molecule has 0 saturated heterocycles. The molecule has 86 valence electrons.